The van der Waals surface area contributed by atoms with E-state index in [4.69, 9.17) is 4.74 Å². The minimum atomic E-state index is -0.570. The molecule has 1 atom stereocenters. The molecule has 1 fully saturated rings. The maximum atomic E-state index is 12.4. The topological polar surface area (TPSA) is 73.9 Å². The monoisotopic (exact) mass is 442 g/mol. The fraction of sp³-hybridized carbons (Fsp3) is 0.478. The van der Waals surface area contributed by atoms with Gasteiger partial charge in [0, 0.05) is 45.8 Å². The van der Waals surface area contributed by atoms with Crippen LogP contribution in [-0.2, 0) is 27.3 Å². The first-order valence-corrected chi connectivity index (χ1v) is 11.8. The summed E-state index contributed by atoms with van der Waals surface area (Å²) in [4.78, 5) is 29.3. The number of nitrogens with zero attached hydrogens (tertiary/aromatic N) is 2. The predicted molar refractivity (Wildman–Crippen MR) is 121 cm³/mol. The van der Waals surface area contributed by atoms with Gasteiger partial charge in [-0.05, 0) is 39.9 Å². The number of thiophene rings is 1. The van der Waals surface area contributed by atoms with Gasteiger partial charge < -0.3 is 15.4 Å². The molecule has 2 amide bonds. The average molecular weight is 443 g/mol. The van der Waals surface area contributed by atoms with E-state index in [0.29, 0.717) is 13.1 Å². The van der Waals surface area contributed by atoms with E-state index < -0.39 is 11.8 Å². The second-order valence-corrected chi connectivity index (χ2v) is 8.76. The van der Waals surface area contributed by atoms with Crippen LogP contribution in [0.5, 0.6) is 0 Å². The van der Waals surface area contributed by atoms with E-state index in [0.717, 1.165) is 52.4 Å². The number of rotatable bonds is 7. The minimum absolute atomic E-state index is 0.0460. The second-order valence-electron chi connectivity index (χ2n) is 7.98. The molecule has 31 heavy (non-hydrogen) atoms. The Morgan fingerprint density at radius 1 is 1.03 bits per heavy atom. The molecule has 2 aromatic rings. The summed E-state index contributed by atoms with van der Waals surface area (Å²) in [5.74, 6) is -1.14. The maximum Gasteiger partial charge on any atom is 0.309 e. The number of carbonyl (C=O) groups excluding carboxylic acids is 2. The zero-order chi connectivity index (χ0) is 21.5. The van der Waals surface area contributed by atoms with Gasteiger partial charge in [0.25, 0.3) is 0 Å². The molecule has 7 nitrogen and oxygen atoms in total. The number of hydrogen-bond acceptors (Lipinski definition) is 6. The van der Waals surface area contributed by atoms with Gasteiger partial charge in [-0.3, -0.25) is 19.4 Å². The Morgan fingerprint density at radius 3 is 2.58 bits per heavy atom. The average Bonchev–Trinajstić information content (AvgIpc) is 3.34. The Kier molecular flexibility index (Phi) is 7.69. The Morgan fingerprint density at radius 2 is 1.81 bits per heavy atom. The summed E-state index contributed by atoms with van der Waals surface area (Å²) in [5, 5.41) is 9.78. The largest absolute Gasteiger partial charge is 0.379 e. The van der Waals surface area contributed by atoms with Crippen LogP contribution in [0.2, 0.25) is 0 Å². The van der Waals surface area contributed by atoms with E-state index in [-0.39, 0.29) is 6.04 Å². The molecule has 0 bridgehead atoms. The van der Waals surface area contributed by atoms with Crippen molar-refractivity contribution < 1.29 is 14.3 Å². The maximum absolute atomic E-state index is 12.4. The van der Waals surface area contributed by atoms with E-state index in [9.17, 15) is 9.59 Å². The smallest absolute Gasteiger partial charge is 0.309 e. The summed E-state index contributed by atoms with van der Waals surface area (Å²) >= 11 is 1.65. The third-order valence-electron chi connectivity index (χ3n) is 6.01. The van der Waals surface area contributed by atoms with Gasteiger partial charge in [0.05, 0.1) is 19.3 Å². The number of morpholine rings is 1. The van der Waals surface area contributed by atoms with Crippen LogP contribution >= 0.6 is 11.3 Å². The minimum Gasteiger partial charge on any atom is -0.379 e. The summed E-state index contributed by atoms with van der Waals surface area (Å²) in [6.07, 6.45) is 0.993. The number of nitrogens with one attached hydrogen (secondary N) is 2. The van der Waals surface area contributed by atoms with Crippen molar-refractivity contribution in [3.63, 3.8) is 0 Å². The van der Waals surface area contributed by atoms with Gasteiger partial charge in [0.1, 0.15) is 0 Å². The van der Waals surface area contributed by atoms with Crippen LogP contribution in [0.15, 0.2) is 41.1 Å². The van der Waals surface area contributed by atoms with Gasteiger partial charge in [-0.25, -0.2) is 0 Å². The SMILES string of the molecule is O=C(NCCN1CCOCC1)C(=O)NCC(c1ccsc1)N1CCc2ccccc2C1. The van der Waals surface area contributed by atoms with Crippen molar-refractivity contribution in [1.29, 1.82) is 0 Å². The standard InChI is InChI=1S/C23H30N4O3S/c28-22(24-7-9-26-10-12-30-13-11-26)23(29)25-15-21(20-6-14-31-17-20)27-8-5-18-3-1-2-4-19(18)16-27/h1-4,6,14,17,21H,5,7-13,15-16H2,(H,24,28)(H,25,29). The molecule has 166 valence electrons. The van der Waals surface area contributed by atoms with Gasteiger partial charge in [0.2, 0.25) is 0 Å². The van der Waals surface area contributed by atoms with E-state index >= 15 is 0 Å². The summed E-state index contributed by atoms with van der Waals surface area (Å²) in [6, 6.07) is 10.7. The molecule has 2 aliphatic rings. The number of benzene rings is 1. The highest BCUT2D eigenvalue weighted by Crippen LogP contribution is 2.28. The van der Waals surface area contributed by atoms with E-state index in [1.807, 2.05) is 0 Å². The van der Waals surface area contributed by atoms with Gasteiger partial charge in [-0.2, -0.15) is 11.3 Å². The van der Waals surface area contributed by atoms with Crippen molar-refractivity contribution in [3.05, 3.63) is 57.8 Å². The third kappa shape index (κ3) is 5.92. The van der Waals surface area contributed by atoms with Gasteiger partial charge in [0.15, 0.2) is 0 Å². The lowest BCUT2D eigenvalue weighted by Crippen LogP contribution is -2.47. The zero-order valence-electron chi connectivity index (χ0n) is 17.7. The summed E-state index contributed by atoms with van der Waals surface area (Å²) in [6.45, 7) is 6.55. The van der Waals surface area contributed by atoms with Crippen LogP contribution in [-0.4, -0.2) is 74.1 Å². The van der Waals surface area contributed by atoms with Crippen molar-refractivity contribution in [1.82, 2.24) is 20.4 Å². The first-order valence-electron chi connectivity index (χ1n) is 10.9. The summed E-state index contributed by atoms with van der Waals surface area (Å²) < 4.78 is 5.32. The number of ether oxygens (including phenoxy) is 1. The summed E-state index contributed by atoms with van der Waals surface area (Å²) in [5.41, 5.74) is 3.91. The molecule has 1 unspecified atom stereocenters. The quantitative estimate of drug-likeness (QED) is 0.635. The van der Waals surface area contributed by atoms with Gasteiger partial charge in [-0.15, -0.1) is 0 Å². The van der Waals surface area contributed by atoms with Crippen molar-refractivity contribution in [2.24, 2.45) is 0 Å². The van der Waals surface area contributed by atoms with Crippen LogP contribution in [0.3, 0.4) is 0 Å². The fourth-order valence-corrected chi connectivity index (χ4v) is 4.92. The normalized spacial score (nSPS) is 18.2. The molecular formula is C23H30N4O3S. The third-order valence-corrected chi connectivity index (χ3v) is 6.71. The van der Waals surface area contributed by atoms with Gasteiger partial charge in [-0.1, -0.05) is 24.3 Å². The zero-order valence-corrected chi connectivity index (χ0v) is 18.5. The summed E-state index contributed by atoms with van der Waals surface area (Å²) in [7, 11) is 0. The Bertz CT molecular complexity index is 867. The lowest BCUT2D eigenvalue weighted by Gasteiger charge is -2.35. The molecule has 1 aromatic carbocycles. The molecule has 0 saturated carbocycles. The highest BCUT2D eigenvalue weighted by molar-refractivity contribution is 7.08. The number of amides is 2. The highest BCUT2D eigenvalue weighted by Gasteiger charge is 2.26. The first kappa shape index (κ1) is 22.0. The van der Waals surface area contributed by atoms with Crippen LogP contribution in [0.25, 0.3) is 0 Å². The Balaban J connectivity index is 1.29. The van der Waals surface area contributed by atoms with E-state index in [1.54, 1.807) is 11.3 Å². The molecule has 0 radical (unpaired) electrons. The predicted octanol–water partition coefficient (Wildman–Crippen LogP) is 1.41. The lowest BCUT2D eigenvalue weighted by atomic mass is 9.97. The van der Waals surface area contributed by atoms with Crippen molar-refractivity contribution >= 4 is 23.2 Å². The molecule has 4 rings (SSSR count). The van der Waals surface area contributed by atoms with Crippen LogP contribution in [0.1, 0.15) is 22.7 Å². The van der Waals surface area contributed by atoms with Crippen LogP contribution in [0.4, 0.5) is 0 Å². The molecule has 3 heterocycles. The first-order chi connectivity index (χ1) is 15.2. The van der Waals surface area contributed by atoms with E-state index in [2.05, 4.69) is 61.5 Å². The van der Waals surface area contributed by atoms with Crippen LogP contribution in [0, 0.1) is 0 Å². The van der Waals surface area contributed by atoms with Gasteiger partial charge >= 0.3 is 11.8 Å². The highest BCUT2D eigenvalue weighted by atomic mass is 32.1. The molecular weight excluding hydrogens is 412 g/mol. The number of hydrogen-bond donors (Lipinski definition) is 2. The molecule has 2 aliphatic heterocycles. The number of carbonyl (C=O) groups is 2. The van der Waals surface area contributed by atoms with Crippen molar-refractivity contribution in [3.8, 4) is 0 Å². The molecule has 1 saturated heterocycles. The fourth-order valence-electron chi connectivity index (χ4n) is 4.21. The van der Waals surface area contributed by atoms with Crippen molar-refractivity contribution in [2.45, 2.75) is 19.0 Å². The number of fused-ring (bicyclic) bond motifs is 1. The van der Waals surface area contributed by atoms with E-state index in [1.165, 1.54) is 16.7 Å². The molecule has 8 heteroatoms. The van der Waals surface area contributed by atoms with Crippen LogP contribution < -0.4 is 10.6 Å². The van der Waals surface area contributed by atoms with Crippen molar-refractivity contribution in [2.75, 3.05) is 52.5 Å². The molecule has 0 spiro atoms. The Labute approximate surface area is 187 Å². The molecule has 2 N–H and O–H groups in total. The Hall–Kier alpha value is -2.26. The molecule has 1 aromatic heterocycles. The lowest BCUT2D eigenvalue weighted by molar-refractivity contribution is -0.139. The molecule has 0 aliphatic carbocycles. The second kappa shape index (κ2) is 10.9.